The maximum atomic E-state index is 13.4. The highest BCUT2D eigenvalue weighted by Crippen LogP contribution is 2.15. The van der Waals surface area contributed by atoms with E-state index in [0.29, 0.717) is 11.6 Å². The predicted octanol–water partition coefficient (Wildman–Crippen LogP) is 3.16. The monoisotopic (exact) mass is 365 g/mol. The first-order valence-electron chi connectivity index (χ1n) is 7.37. The number of aliphatic hydroxyl groups excluding tert-OH is 1. The van der Waals surface area contributed by atoms with Crippen molar-refractivity contribution in [2.24, 2.45) is 0 Å². The zero-order chi connectivity index (χ0) is 19.3. The number of rotatable bonds is 6. The van der Waals surface area contributed by atoms with Gasteiger partial charge in [0.25, 0.3) is 5.91 Å². The van der Waals surface area contributed by atoms with E-state index >= 15 is 0 Å². The Kier molecular flexibility index (Phi) is 6.00. The van der Waals surface area contributed by atoms with Gasteiger partial charge in [-0.05, 0) is 35.4 Å². The van der Waals surface area contributed by atoms with E-state index in [1.54, 1.807) is 0 Å². The van der Waals surface area contributed by atoms with Gasteiger partial charge in [-0.25, -0.2) is 18.0 Å². The van der Waals surface area contributed by atoms with Gasteiger partial charge >= 0.3 is 5.97 Å². The fourth-order valence-electron chi connectivity index (χ4n) is 2.15. The first kappa shape index (κ1) is 19.0. The van der Waals surface area contributed by atoms with Gasteiger partial charge in [0, 0.05) is 13.1 Å². The molecule has 0 bridgehead atoms. The fraction of sp³-hybridized carbons (Fsp3) is 0.111. The van der Waals surface area contributed by atoms with Crippen molar-refractivity contribution in [3.05, 3.63) is 82.9 Å². The minimum absolute atomic E-state index is 0.0679. The molecule has 0 fully saturated rings. The molecule has 0 atom stereocenters. The predicted molar refractivity (Wildman–Crippen MR) is 85.4 cm³/mol. The van der Waals surface area contributed by atoms with E-state index in [9.17, 15) is 27.9 Å². The summed E-state index contributed by atoms with van der Waals surface area (Å²) >= 11 is 0. The molecule has 26 heavy (non-hydrogen) atoms. The second-order valence-corrected chi connectivity index (χ2v) is 5.40. The highest BCUT2D eigenvalue weighted by molar-refractivity contribution is 5.96. The Morgan fingerprint density at radius 3 is 2.04 bits per heavy atom. The molecule has 0 aliphatic carbocycles. The van der Waals surface area contributed by atoms with Crippen LogP contribution in [-0.2, 0) is 22.7 Å². The van der Waals surface area contributed by atoms with Crippen LogP contribution in [0.4, 0.5) is 13.2 Å². The number of carboxylic acids is 1. The van der Waals surface area contributed by atoms with Gasteiger partial charge in [0.1, 0.15) is 5.82 Å². The quantitative estimate of drug-likeness (QED) is 0.609. The van der Waals surface area contributed by atoms with Crippen molar-refractivity contribution in [3.63, 3.8) is 0 Å². The van der Waals surface area contributed by atoms with Crippen LogP contribution >= 0.6 is 0 Å². The van der Waals surface area contributed by atoms with Gasteiger partial charge in [-0.2, -0.15) is 0 Å². The Morgan fingerprint density at radius 1 is 0.885 bits per heavy atom. The van der Waals surface area contributed by atoms with Gasteiger partial charge in [-0.3, -0.25) is 4.79 Å². The standard InChI is InChI=1S/C18H14F3NO4/c19-13-4-1-11(2-5-13)9-22(17(24)8-16(23)18(25)26)10-12-3-6-14(20)15(21)7-12/h1-8,23H,9-10H2,(H,25,26). The Bertz CT molecular complexity index is 850. The third-order valence-corrected chi connectivity index (χ3v) is 3.44. The summed E-state index contributed by atoms with van der Waals surface area (Å²) in [5.41, 5.74) is 0.771. The van der Waals surface area contributed by atoms with E-state index in [1.807, 2.05) is 0 Å². The zero-order valence-electron chi connectivity index (χ0n) is 13.3. The second kappa shape index (κ2) is 8.19. The molecular weight excluding hydrogens is 351 g/mol. The van der Waals surface area contributed by atoms with Crippen LogP contribution in [0.2, 0.25) is 0 Å². The highest BCUT2D eigenvalue weighted by Gasteiger charge is 2.17. The number of benzene rings is 2. The summed E-state index contributed by atoms with van der Waals surface area (Å²) < 4.78 is 39.4. The van der Waals surface area contributed by atoms with Crippen molar-refractivity contribution in [1.29, 1.82) is 0 Å². The molecule has 0 radical (unpaired) electrons. The van der Waals surface area contributed by atoms with Crippen LogP contribution in [0.5, 0.6) is 0 Å². The zero-order valence-corrected chi connectivity index (χ0v) is 13.3. The molecule has 136 valence electrons. The van der Waals surface area contributed by atoms with E-state index in [4.69, 9.17) is 5.11 Å². The number of carbonyl (C=O) groups is 2. The van der Waals surface area contributed by atoms with Crippen LogP contribution in [-0.4, -0.2) is 27.0 Å². The van der Waals surface area contributed by atoms with E-state index < -0.39 is 35.1 Å². The lowest BCUT2D eigenvalue weighted by molar-refractivity contribution is -0.136. The summed E-state index contributed by atoms with van der Waals surface area (Å²) in [5, 5.41) is 17.9. The van der Waals surface area contributed by atoms with Crippen molar-refractivity contribution < 1.29 is 33.0 Å². The van der Waals surface area contributed by atoms with Gasteiger partial charge in [-0.1, -0.05) is 18.2 Å². The molecule has 0 heterocycles. The van der Waals surface area contributed by atoms with E-state index in [-0.39, 0.29) is 18.7 Å². The average molecular weight is 365 g/mol. The molecule has 0 unspecified atom stereocenters. The van der Waals surface area contributed by atoms with Gasteiger partial charge in [0.15, 0.2) is 11.6 Å². The fourth-order valence-corrected chi connectivity index (χ4v) is 2.15. The number of nitrogens with zero attached hydrogens (tertiary/aromatic N) is 1. The summed E-state index contributed by atoms with van der Waals surface area (Å²) in [6.45, 7) is -0.252. The molecule has 1 amide bonds. The van der Waals surface area contributed by atoms with Crippen molar-refractivity contribution in [1.82, 2.24) is 4.90 Å². The van der Waals surface area contributed by atoms with Crippen LogP contribution < -0.4 is 0 Å². The molecule has 0 spiro atoms. The Labute approximate surface area is 146 Å². The number of amides is 1. The lowest BCUT2D eigenvalue weighted by Gasteiger charge is -2.22. The van der Waals surface area contributed by atoms with Gasteiger partial charge < -0.3 is 15.1 Å². The topological polar surface area (TPSA) is 77.8 Å². The highest BCUT2D eigenvalue weighted by atomic mass is 19.2. The number of hydrogen-bond donors (Lipinski definition) is 2. The lowest BCUT2D eigenvalue weighted by Crippen LogP contribution is -2.29. The minimum atomic E-state index is -1.69. The van der Waals surface area contributed by atoms with Crippen molar-refractivity contribution >= 4 is 11.9 Å². The molecule has 5 nitrogen and oxygen atoms in total. The van der Waals surface area contributed by atoms with Crippen LogP contribution in [0.3, 0.4) is 0 Å². The largest absolute Gasteiger partial charge is 0.502 e. The van der Waals surface area contributed by atoms with Crippen molar-refractivity contribution in [3.8, 4) is 0 Å². The normalized spacial score (nSPS) is 11.3. The van der Waals surface area contributed by atoms with Gasteiger partial charge in [-0.15, -0.1) is 0 Å². The Morgan fingerprint density at radius 2 is 1.46 bits per heavy atom. The maximum absolute atomic E-state index is 13.4. The molecular formula is C18H14F3NO4. The third-order valence-electron chi connectivity index (χ3n) is 3.44. The number of aliphatic hydroxyl groups is 1. The van der Waals surface area contributed by atoms with Crippen LogP contribution in [0, 0.1) is 17.5 Å². The molecule has 0 aromatic heterocycles. The summed E-state index contributed by atoms with van der Waals surface area (Å²) in [6.07, 6.45) is 0.506. The average Bonchev–Trinajstić information content (AvgIpc) is 2.59. The molecule has 0 aliphatic rings. The number of carboxylic acid groups (broad SMARTS) is 1. The molecule has 2 N–H and O–H groups in total. The van der Waals surface area contributed by atoms with Gasteiger partial charge in [0.05, 0.1) is 6.08 Å². The molecule has 0 aliphatic heterocycles. The summed E-state index contributed by atoms with van der Waals surface area (Å²) in [7, 11) is 0. The molecule has 2 aromatic rings. The third kappa shape index (κ3) is 5.10. The first-order valence-corrected chi connectivity index (χ1v) is 7.37. The van der Waals surface area contributed by atoms with Gasteiger partial charge in [0.2, 0.25) is 5.76 Å². The number of halogens is 3. The second-order valence-electron chi connectivity index (χ2n) is 5.40. The smallest absolute Gasteiger partial charge is 0.371 e. The Balaban J connectivity index is 2.28. The number of aliphatic carboxylic acids is 1. The number of carbonyl (C=O) groups excluding carboxylic acids is 1. The lowest BCUT2D eigenvalue weighted by atomic mass is 10.1. The molecule has 0 saturated heterocycles. The summed E-state index contributed by atoms with van der Waals surface area (Å²) in [6, 6.07) is 8.27. The molecule has 8 heteroatoms. The maximum Gasteiger partial charge on any atom is 0.371 e. The van der Waals surface area contributed by atoms with E-state index in [2.05, 4.69) is 0 Å². The summed E-state index contributed by atoms with van der Waals surface area (Å²) in [4.78, 5) is 24.0. The van der Waals surface area contributed by atoms with Crippen LogP contribution in [0.1, 0.15) is 11.1 Å². The SMILES string of the molecule is O=C(O)C(O)=CC(=O)N(Cc1ccc(F)cc1)Cc1ccc(F)c(F)c1. The van der Waals surface area contributed by atoms with Crippen LogP contribution in [0.15, 0.2) is 54.3 Å². The number of hydrogen-bond acceptors (Lipinski definition) is 3. The van der Waals surface area contributed by atoms with E-state index in [0.717, 1.165) is 17.0 Å². The van der Waals surface area contributed by atoms with Crippen LogP contribution in [0.25, 0.3) is 0 Å². The molecule has 2 aromatic carbocycles. The minimum Gasteiger partial charge on any atom is -0.502 e. The Hall–Kier alpha value is -3.29. The molecule has 0 saturated carbocycles. The van der Waals surface area contributed by atoms with Crippen molar-refractivity contribution in [2.75, 3.05) is 0 Å². The van der Waals surface area contributed by atoms with E-state index in [1.165, 1.54) is 30.3 Å². The summed E-state index contributed by atoms with van der Waals surface area (Å²) in [5.74, 6) is -6.33. The molecule has 2 rings (SSSR count). The first-order chi connectivity index (χ1) is 12.3. The van der Waals surface area contributed by atoms with Crippen molar-refractivity contribution in [2.45, 2.75) is 13.1 Å².